The lowest BCUT2D eigenvalue weighted by Gasteiger charge is -2.31. The minimum Gasteiger partial charge on any atom is -0.493 e. The van der Waals surface area contributed by atoms with Crippen LogP contribution in [0.1, 0.15) is 24.8 Å². The van der Waals surface area contributed by atoms with E-state index in [4.69, 9.17) is 4.74 Å². The second kappa shape index (κ2) is 6.48. The zero-order valence-corrected chi connectivity index (χ0v) is 11.5. The number of rotatable bonds is 5. The second-order valence-electron chi connectivity index (χ2n) is 5.29. The molecule has 0 aliphatic carbocycles. The molecule has 0 amide bonds. The summed E-state index contributed by atoms with van der Waals surface area (Å²) >= 11 is 0. The van der Waals surface area contributed by atoms with E-state index in [1.165, 1.54) is 0 Å². The number of alkyl halides is 3. The van der Waals surface area contributed by atoms with Gasteiger partial charge in [0, 0.05) is 18.4 Å². The number of ether oxygens (including phenoxy) is 1. The van der Waals surface area contributed by atoms with Crippen LogP contribution in [0, 0.1) is 5.92 Å². The van der Waals surface area contributed by atoms with E-state index in [1.54, 1.807) is 7.05 Å². The Labute approximate surface area is 117 Å². The van der Waals surface area contributed by atoms with Gasteiger partial charge in [0.25, 0.3) is 0 Å². The lowest BCUT2D eigenvalue weighted by atomic mass is 9.88. The zero-order valence-electron chi connectivity index (χ0n) is 11.5. The van der Waals surface area contributed by atoms with Gasteiger partial charge in [-0.05, 0) is 37.9 Å². The Morgan fingerprint density at radius 3 is 2.80 bits per heavy atom. The molecule has 1 aromatic carbocycles. The Bertz CT molecular complexity index is 433. The van der Waals surface area contributed by atoms with Crippen LogP contribution in [0.15, 0.2) is 24.3 Å². The molecule has 2 rings (SSSR count). The summed E-state index contributed by atoms with van der Waals surface area (Å²) in [5.41, 5.74) is 1.14. The molecule has 1 aromatic rings. The predicted molar refractivity (Wildman–Crippen MR) is 71.9 cm³/mol. The lowest BCUT2D eigenvalue weighted by molar-refractivity contribution is -0.136. The van der Waals surface area contributed by atoms with Crippen molar-refractivity contribution in [3.63, 3.8) is 0 Å². The summed E-state index contributed by atoms with van der Waals surface area (Å²) in [5.74, 6) is 1.12. The Balaban J connectivity index is 1.90. The Morgan fingerprint density at radius 2 is 2.10 bits per heavy atom. The molecule has 1 aliphatic heterocycles. The van der Waals surface area contributed by atoms with E-state index >= 15 is 0 Å². The van der Waals surface area contributed by atoms with Gasteiger partial charge in [-0.15, -0.1) is 0 Å². The number of nitrogens with one attached hydrogen (secondary N) is 1. The molecule has 5 heteroatoms. The molecule has 0 aromatic heterocycles. The van der Waals surface area contributed by atoms with Crippen LogP contribution in [-0.2, 0) is 6.42 Å². The molecule has 0 saturated heterocycles. The predicted octanol–water partition coefficient (Wildman–Crippen LogP) is 3.56. The monoisotopic (exact) mass is 287 g/mol. The first-order chi connectivity index (χ1) is 9.49. The zero-order chi connectivity index (χ0) is 14.6. The summed E-state index contributed by atoms with van der Waals surface area (Å²) in [6.07, 6.45) is -3.24. The molecule has 2 nitrogen and oxygen atoms in total. The minimum absolute atomic E-state index is 0.0608. The van der Waals surface area contributed by atoms with Crippen molar-refractivity contribution in [3.8, 4) is 5.75 Å². The molecule has 112 valence electrons. The van der Waals surface area contributed by atoms with E-state index in [9.17, 15) is 13.2 Å². The number of para-hydroxylation sites is 1. The quantitative estimate of drug-likeness (QED) is 0.894. The fourth-order valence-electron chi connectivity index (χ4n) is 2.75. The molecule has 2 atom stereocenters. The number of hydrogen-bond acceptors (Lipinski definition) is 2. The van der Waals surface area contributed by atoms with Crippen LogP contribution in [-0.4, -0.2) is 25.9 Å². The third-order valence-electron chi connectivity index (χ3n) is 3.82. The number of benzene rings is 1. The van der Waals surface area contributed by atoms with Gasteiger partial charge in [0.2, 0.25) is 0 Å². The molecule has 0 saturated carbocycles. The van der Waals surface area contributed by atoms with Crippen LogP contribution in [0.4, 0.5) is 13.2 Å². The SMILES string of the molecule is CNC(CCCC(F)(F)F)C1COc2ccccc2C1. The summed E-state index contributed by atoms with van der Waals surface area (Å²) in [5, 5.41) is 3.14. The van der Waals surface area contributed by atoms with E-state index in [-0.39, 0.29) is 18.4 Å². The molecule has 0 fully saturated rings. The highest BCUT2D eigenvalue weighted by Gasteiger charge is 2.29. The maximum absolute atomic E-state index is 12.2. The second-order valence-corrected chi connectivity index (χ2v) is 5.29. The first-order valence-corrected chi connectivity index (χ1v) is 6.94. The Kier molecular flexibility index (Phi) is 4.91. The largest absolute Gasteiger partial charge is 0.493 e. The molecule has 0 bridgehead atoms. The molecule has 0 spiro atoms. The van der Waals surface area contributed by atoms with Gasteiger partial charge in [0.05, 0.1) is 6.61 Å². The normalized spacial score (nSPS) is 20.1. The molecular formula is C15H20F3NO. The maximum Gasteiger partial charge on any atom is 0.389 e. The molecule has 1 heterocycles. The van der Waals surface area contributed by atoms with Gasteiger partial charge in [0.1, 0.15) is 5.75 Å². The van der Waals surface area contributed by atoms with Crippen molar-refractivity contribution < 1.29 is 17.9 Å². The van der Waals surface area contributed by atoms with Gasteiger partial charge >= 0.3 is 6.18 Å². The molecule has 2 unspecified atom stereocenters. The van der Waals surface area contributed by atoms with Crippen molar-refractivity contribution in [3.05, 3.63) is 29.8 Å². The minimum atomic E-state index is -4.06. The topological polar surface area (TPSA) is 21.3 Å². The van der Waals surface area contributed by atoms with Gasteiger partial charge in [-0.25, -0.2) is 0 Å². The van der Waals surface area contributed by atoms with Crippen molar-refractivity contribution in [1.82, 2.24) is 5.32 Å². The fourth-order valence-corrected chi connectivity index (χ4v) is 2.75. The van der Waals surface area contributed by atoms with Crippen LogP contribution in [0.5, 0.6) is 5.75 Å². The van der Waals surface area contributed by atoms with Gasteiger partial charge < -0.3 is 10.1 Å². The van der Waals surface area contributed by atoms with Crippen LogP contribution in [0.2, 0.25) is 0 Å². The third kappa shape index (κ3) is 4.13. The summed E-state index contributed by atoms with van der Waals surface area (Å²) in [6, 6.07) is 7.90. The van der Waals surface area contributed by atoms with Crippen molar-refractivity contribution in [1.29, 1.82) is 0 Å². The average molecular weight is 287 g/mol. The third-order valence-corrected chi connectivity index (χ3v) is 3.82. The van der Waals surface area contributed by atoms with E-state index in [0.29, 0.717) is 13.0 Å². The van der Waals surface area contributed by atoms with Crippen molar-refractivity contribution in [2.24, 2.45) is 5.92 Å². The summed E-state index contributed by atoms with van der Waals surface area (Å²) in [4.78, 5) is 0. The van der Waals surface area contributed by atoms with E-state index in [0.717, 1.165) is 17.7 Å². The Hall–Kier alpha value is -1.23. The molecular weight excluding hydrogens is 267 g/mol. The van der Waals surface area contributed by atoms with Crippen LogP contribution >= 0.6 is 0 Å². The van der Waals surface area contributed by atoms with Gasteiger partial charge in [-0.3, -0.25) is 0 Å². The highest BCUT2D eigenvalue weighted by atomic mass is 19.4. The maximum atomic E-state index is 12.2. The van der Waals surface area contributed by atoms with Crippen molar-refractivity contribution in [2.75, 3.05) is 13.7 Å². The average Bonchev–Trinajstić information content (AvgIpc) is 2.42. The molecule has 1 aliphatic rings. The van der Waals surface area contributed by atoms with Crippen molar-refractivity contribution >= 4 is 0 Å². The van der Waals surface area contributed by atoms with Crippen LogP contribution < -0.4 is 10.1 Å². The highest BCUT2D eigenvalue weighted by molar-refractivity contribution is 5.35. The summed E-state index contributed by atoms with van der Waals surface area (Å²) in [7, 11) is 1.80. The van der Waals surface area contributed by atoms with Gasteiger partial charge in [-0.2, -0.15) is 13.2 Å². The number of halogens is 3. The number of hydrogen-bond donors (Lipinski definition) is 1. The first-order valence-electron chi connectivity index (χ1n) is 6.94. The lowest BCUT2D eigenvalue weighted by Crippen LogP contribution is -2.40. The van der Waals surface area contributed by atoms with E-state index in [2.05, 4.69) is 5.32 Å². The van der Waals surface area contributed by atoms with Gasteiger partial charge in [0.15, 0.2) is 0 Å². The molecule has 1 N–H and O–H groups in total. The molecule has 20 heavy (non-hydrogen) atoms. The highest BCUT2D eigenvalue weighted by Crippen LogP contribution is 2.30. The van der Waals surface area contributed by atoms with E-state index in [1.807, 2.05) is 24.3 Å². The van der Waals surface area contributed by atoms with Gasteiger partial charge in [-0.1, -0.05) is 18.2 Å². The number of fused-ring (bicyclic) bond motifs is 1. The molecule has 0 radical (unpaired) electrons. The van der Waals surface area contributed by atoms with Crippen LogP contribution in [0.3, 0.4) is 0 Å². The van der Waals surface area contributed by atoms with Crippen LogP contribution in [0.25, 0.3) is 0 Å². The van der Waals surface area contributed by atoms with Crippen molar-refractivity contribution in [2.45, 2.75) is 37.9 Å². The van der Waals surface area contributed by atoms with E-state index < -0.39 is 12.6 Å². The fraction of sp³-hybridized carbons (Fsp3) is 0.600. The standard InChI is InChI=1S/C15H20F3NO/c1-19-13(6-4-8-15(16,17)18)12-9-11-5-2-3-7-14(11)20-10-12/h2-3,5,7,12-13,19H,4,6,8-10H2,1H3. The summed E-state index contributed by atoms with van der Waals surface area (Å²) in [6.45, 7) is 0.564. The summed E-state index contributed by atoms with van der Waals surface area (Å²) < 4.78 is 42.3. The smallest absolute Gasteiger partial charge is 0.389 e. The Morgan fingerprint density at radius 1 is 1.35 bits per heavy atom. The first kappa shape index (κ1) is 15.2.